The summed E-state index contributed by atoms with van der Waals surface area (Å²) in [5, 5.41) is 3.41. The number of likely N-dealkylation sites (N-methyl/N-ethyl adjacent to an activating group) is 1. The molecule has 0 aromatic heterocycles. The van der Waals surface area contributed by atoms with Crippen molar-refractivity contribution >= 4 is 0 Å². The second kappa shape index (κ2) is 7.80. The highest BCUT2D eigenvalue weighted by Gasteiger charge is 2.17. The normalized spacial score (nSPS) is 18.8. The molecule has 1 saturated carbocycles. The first-order valence-corrected chi connectivity index (χ1v) is 8.06. The molecule has 0 spiro atoms. The van der Waals surface area contributed by atoms with Crippen molar-refractivity contribution in [3.05, 3.63) is 34.9 Å². The molecule has 1 aromatic rings. The third kappa shape index (κ3) is 4.32. The molecule has 112 valence electrons. The van der Waals surface area contributed by atoms with Gasteiger partial charge in [0.05, 0.1) is 18.8 Å². The average Bonchev–Trinajstić information content (AvgIpc) is 2.70. The van der Waals surface area contributed by atoms with Crippen LogP contribution in [0.1, 0.15) is 61.3 Å². The summed E-state index contributed by atoms with van der Waals surface area (Å²) in [5.41, 5.74) is 4.05. The summed E-state index contributed by atoms with van der Waals surface area (Å²) in [6.45, 7) is 5.12. The summed E-state index contributed by atoms with van der Waals surface area (Å²) in [5.74, 6) is 0. The molecule has 0 aliphatic heterocycles. The zero-order valence-electron chi connectivity index (χ0n) is 13.2. The minimum atomic E-state index is 0.304. The Morgan fingerprint density at radius 1 is 1.15 bits per heavy atom. The lowest BCUT2D eigenvalue weighted by molar-refractivity contribution is 0.0299. The fourth-order valence-corrected chi connectivity index (χ4v) is 3.19. The van der Waals surface area contributed by atoms with Crippen molar-refractivity contribution in [1.82, 2.24) is 5.32 Å². The molecular weight excluding hydrogens is 246 g/mol. The molecule has 1 atom stereocenters. The van der Waals surface area contributed by atoms with E-state index < -0.39 is 0 Å². The van der Waals surface area contributed by atoms with Gasteiger partial charge < -0.3 is 10.1 Å². The van der Waals surface area contributed by atoms with Crippen molar-refractivity contribution in [3.63, 3.8) is 0 Å². The van der Waals surface area contributed by atoms with Crippen LogP contribution in [-0.4, -0.2) is 19.8 Å². The fraction of sp³-hybridized carbons (Fsp3) is 0.667. The molecule has 20 heavy (non-hydrogen) atoms. The number of aryl methyl sites for hydroxylation is 2. The Morgan fingerprint density at radius 3 is 2.45 bits per heavy atom. The molecule has 1 N–H and O–H groups in total. The van der Waals surface area contributed by atoms with E-state index in [2.05, 4.69) is 37.4 Å². The van der Waals surface area contributed by atoms with Crippen LogP contribution >= 0.6 is 0 Å². The molecule has 1 aliphatic rings. The van der Waals surface area contributed by atoms with Gasteiger partial charge in [0.2, 0.25) is 0 Å². The van der Waals surface area contributed by atoms with Crippen LogP contribution in [0.15, 0.2) is 18.2 Å². The lowest BCUT2D eigenvalue weighted by Crippen LogP contribution is -2.25. The first kappa shape index (κ1) is 15.5. The minimum Gasteiger partial charge on any atom is -0.376 e. The van der Waals surface area contributed by atoms with Gasteiger partial charge in [-0.2, -0.15) is 0 Å². The minimum absolute atomic E-state index is 0.304. The van der Waals surface area contributed by atoms with Crippen molar-refractivity contribution in [3.8, 4) is 0 Å². The smallest absolute Gasteiger partial charge is 0.0665 e. The van der Waals surface area contributed by atoms with E-state index in [-0.39, 0.29) is 0 Å². The summed E-state index contributed by atoms with van der Waals surface area (Å²) in [7, 11) is 2.03. The monoisotopic (exact) mass is 275 g/mol. The Bertz CT molecular complexity index is 408. The van der Waals surface area contributed by atoms with Crippen LogP contribution in [0.4, 0.5) is 0 Å². The number of nitrogens with one attached hydrogen (secondary N) is 1. The Kier molecular flexibility index (Phi) is 6.06. The number of rotatable bonds is 5. The zero-order valence-corrected chi connectivity index (χ0v) is 13.2. The van der Waals surface area contributed by atoms with Crippen LogP contribution in [0.5, 0.6) is 0 Å². The van der Waals surface area contributed by atoms with Crippen LogP contribution in [0.2, 0.25) is 0 Å². The molecule has 2 rings (SSSR count). The van der Waals surface area contributed by atoms with E-state index in [4.69, 9.17) is 4.74 Å². The van der Waals surface area contributed by atoms with Crippen molar-refractivity contribution in [2.24, 2.45) is 0 Å². The Labute approximate surface area is 123 Å². The summed E-state index contributed by atoms with van der Waals surface area (Å²) in [6.07, 6.45) is 8.38. The lowest BCUT2D eigenvalue weighted by atomic mass is 9.99. The van der Waals surface area contributed by atoms with E-state index in [1.165, 1.54) is 55.2 Å². The fourth-order valence-electron chi connectivity index (χ4n) is 3.19. The molecule has 2 heteroatoms. The number of benzene rings is 1. The van der Waals surface area contributed by atoms with Gasteiger partial charge in [-0.15, -0.1) is 0 Å². The van der Waals surface area contributed by atoms with Gasteiger partial charge in [0, 0.05) is 0 Å². The first-order chi connectivity index (χ1) is 9.70. The average molecular weight is 275 g/mol. The second-order valence-corrected chi connectivity index (χ2v) is 6.15. The topological polar surface area (TPSA) is 21.3 Å². The van der Waals surface area contributed by atoms with Gasteiger partial charge in [-0.25, -0.2) is 0 Å². The predicted molar refractivity (Wildman–Crippen MR) is 85.2 cm³/mol. The Hall–Kier alpha value is -0.860. The van der Waals surface area contributed by atoms with E-state index in [0.717, 1.165) is 6.61 Å². The van der Waals surface area contributed by atoms with E-state index in [1.807, 2.05) is 7.05 Å². The molecule has 1 aliphatic carbocycles. The number of ether oxygens (including phenoxy) is 1. The van der Waals surface area contributed by atoms with Gasteiger partial charge in [-0.05, 0) is 44.9 Å². The maximum absolute atomic E-state index is 6.19. The second-order valence-electron chi connectivity index (χ2n) is 6.15. The van der Waals surface area contributed by atoms with Gasteiger partial charge in [-0.1, -0.05) is 49.4 Å². The molecule has 1 fully saturated rings. The molecule has 0 amide bonds. The van der Waals surface area contributed by atoms with Gasteiger partial charge in [0.25, 0.3) is 0 Å². The van der Waals surface area contributed by atoms with Gasteiger partial charge >= 0.3 is 0 Å². The van der Waals surface area contributed by atoms with Crippen molar-refractivity contribution in [2.75, 3.05) is 13.7 Å². The highest BCUT2D eigenvalue weighted by molar-refractivity contribution is 5.32. The third-order valence-corrected chi connectivity index (χ3v) is 4.45. The van der Waals surface area contributed by atoms with Crippen molar-refractivity contribution in [2.45, 2.75) is 64.5 Å². The van der Waals surface area contributed by atoms with Crippen molar-refractivity contribution in [1.29, 1.82) is 0 Å². The van der Waals surface area contributed by atoms with Crippen LogP contribution < -0.4 is 5.32 Å². The van der Waals surface area contributed by atoms with Gasteiger partial charge in [0.1, 0.15) is 0 Å². The molecule has 1 aromatic carbocycles. The summed E-state index contributed by atoms with van der Waals surface area (Å²) in [6, 6.07) is 6.99. The van der Waals surface area contributed by atoms with E-state index in [1.54, 1.807) is 0 Å². The quantitative estimate of drug-likeness (QED) is 0.809. The van der Waals surface area contributed by atoms with E-state index >= 15 is 0 Å². The summed E-state index contributed by atoms with van der Waals surface area (Å²) in [4.78, 5) is 0. The van der Waals surface area contributed by atoms with Crippen LogP contribution in [0.25, 0.3) is 0 Å². The van der Waals surface area contributed by atoms with Crippen LogP contribution in [0.3, 0.4) is 0 Å². The van der Waals surface area contributed by atoms with Crippen LogP contribution in [-0.2, 0) is 4.74 Å². The van der Waals surface area contributed by atoms with Gasteiger partial charge in [-0.3, -0.25) is 0 Å². The van der Waals surface area contributed by atoms with E-state index in [0.29, 0.717) is 12.1 Å². The lowest BCUT2D eigenvalue weighted by Gasteiger charge is -2.23. The zero-order chi connectivity index (χ0) is 14.4. The summed E-state index contributed by atoms with van der Waals surface area (Å²) >= 11 is 0. The predicted octanol–water partition coefficient (Wildman–Crippen LogP) is 4.30. The Balaban J connectivity index is 1.94. The molecule has 2 nitrogen and oxygen atoms in total. The SMILES string of the molecule is CNC(COC1CCCCCC1)c1ccc(C)cc1C. The number of hydrogen-bond donors (Lipinski definition) is 1. The molecular formula is C18H29NO. The molecule has 0 bridgehead atoms. The number of hydrogen-bond acceptors (Lipinski definition) is 2. The largest absolute Gasteiger partial charge is 0.376 e. The summed E-state index contributed by atoms with van der Waals surface area (Å²) < 4.78 is 6.19. The van der Waals surface area contributed by atoms with Gasteiger partial charge in [0.15, 0.2) is 0 Å². The Morgan fingerprint density at radius 2 is 1.85 bits per heavy atom. The molecule has 0 heterocycles. The molecule has 0 radical (unpaired) electrons. The third-order valence-electron chi connectivity index (χ3n) is 4.45. The maximum Gasteiger partial charge on any atom is 0.0665 e. The first-order valence-electron chi connectivity index (χ1n) is 8.06. The molecule has 0 saturated heterocycles. The van der Waals surface area contributed by atoms with Crippen LogP contribution in [0, 0.1) is 13.8 Å². The highest BCUT2D eigenvalue weighted by Crippen LogP contribution is 2.23. The maximum atomic E-state index is 6.19. The van der Waals surface area contributed by atoms with Crippen molar-refractivity contribution < 1.29 is 4.74 Å². The standard InChI is InChI=1S/C18H29NO/c1-14-10-11-17(15(2)12-14)18(19-3)13-20-16-8-6-4-5-7-9-16/h10-12,16,18-19H,4-9,13H2,1-3H3. The van der Waals surface area contributed by atoms with E-state index in [9.17, 15) is 0 Å². The highest BCUT2D eigenvalue weighted by atomic mass is 16.5. The molecule has 1 unspecified atom stereocenters.